The van der Waals surface area contributed by atoms with Gasteiger partial charge in [-0.05, 0) is 44.0 Å². The molecule has 2 aromatic rings. The number of carbonyl (C=O) groups excluding carboxylic acids is 1. The van der Waals surface area contributed by atoms with Gasteiger partial charge in [0, 0.05) is 23.0 Å². The standard InChI is InChI=1S/C21H23BrN2O3/c1-3-26-18-6-4-5-16-17-13-21(2,27-19(16)18)24(20(25)23-17)12-11-14-7-9-15(22)10-8-14/h4-10,17H,3,11-13H2,1-2H3,(H,23,25)/t17?,21-/m1/s1. The fourth-order valence-electron chi connectivity index (χ4n) is 3.90. The lowest BCUT2D eigenvalue weighted by molar-refractivity contribution is -0.0847. The number of amides is 2. The molecular formula is C21H23BrN2O3. The van der Waals surface area contributed by atoms with E-state index in [1.54, 1.807) is 4.90 Å². The van der Waals surface area contributed by atoms with E-state index in [1.807, 2.05) is 44.2 Å². The van der Waals surface area contributed by atoms with Crippen molar-refractivity contribution in [2.24, 2.45) is 0 Å². The van der Waals surface area contributed by atoms with Gasteiger partial charge in [-0.15, -0.1) is 0 Å². The number of benzene rings is 2. The highest BCUT2D eigenvalue weighted by atomic mass is 79.9. The molecule has 27 heavy (non-hydrogen) atoms. The lowest BCUT2D eigenvalue weighted by atomic mass is 9.90. The Morgan fingerprint density at radius 3 is 2.81 bits per heavy atom. The molecule has 2 aliphatic heterocycles. The van der Waals surface area contributed by atoms with Crippen LogP contribution in [0.2, 0.25) is 0 Å². The molecule has 0 radical (unpaired) electrons. The minimum atomic E-state index is -0.692. The Morgan fingerprint density at radius 2 is 2.07 bits per heavy atom. The number of halogens is 1. The van der Waals surface area contributed by atoms with Crippen LogP contribution < -0.4 is 14.8 Å². The highest BCUT2D eigenvalue weighted by Gasteiger charge is 2.49. The number of rotatable bonds is 5. The van der Waals surface area contributed by atoms with Crippen LogP contribution in [-0.2, 0) is 6.42 Å². The Balaban J connectivity index is 1.59. The molecule has 1 N–H and O–H groups in total. The van der Waals surface area contributed by atoms with Crippen LogP contribution in [-0.4, -0.2) is 29.8 Å². The summed E-state index contributed by atoms with van der Waals surface area (Å²) in [4.78, 5) is 14.6. The van der Waals surface area contributed by atoms with Gasteiger partial charge in [-0.3, -0.25) is 4.90 Å². The van der Waals surface area contributed by atoms with Crippen LogP contribution in [0, 0.1) is 0 Å². The van der Waals surface area contributed by atoms with E-state index >= 15 is 0 Å². The van der Waals surface area contributed by atoms with Gasteiger partial charge in [-0.2, -0.15) is 0 Å². The topological polar surface area (TPSA) is 50.8 Å². The fourth-order valence-corrected chi connectivity index (χ4v) is 4.17. The van der Waals surface area contributed by atoms with Crippen LogP contribution >= 0.6 is 15.9 Å². The van der Waals surface area contributed by atoms with Crippen LogP contribution in [0.15, 0.2) is 46.9 Å². The molecular weight excluding hydrogens is 408 g/mol. The second-order valence-corrected chi connectivity index (χ2v) is 8.03. The Kier molecular flexibility index (Phi) is 4.76. The first-order valence-corrected chi connectivity index (χ1v) is 10.1. The second kappa shape index (κ2) is 7.08. The molecule has 2 amide bonds. The van der Waals surface area contributed by atoms with Gasteiger partial charge in [0.25, 0.3) is 0 Å². The Labute approximate surface area is 167 Å². The molecule has 4 rings (SSSR count). The van der Waals surface area contributed by atoms with Gasteiger partial charge in [-0.1, -0.05) is 40.2 Å². The number of para-hydroxylation sites is 1. The number of fused-ring (bicyclic) bond motifs is 4. The molecule has 142 valence electrons. The first-order valence-electron chi connectivity index (χ1n) is 9.27. The molecule has 2 atom stereocenters. The molecule has 5 nitrogen and oxygen atoms in total. The van der Waals surface area contributed by atoms with E-state index in [4.69, 9.17) is 9.47 Å². The summed E-state index contributed by atoms with van der Waals surface area (Å²) in [7, 11) is 0. The minimum Gasteiger partial charge on any atom is -0.490 e. The summed E-state index contributed by atoms with van der Waals surface area (Å²) in [6.45, 7) is 5.10. The number of hydrogen-bond donors (Lipinski definition) is 1. The van der Waals surface area contributed by atoms with Crippen LogP contribution in [0.25, 0.3) is 0 Å². The van der Waals surface area contributed by atoms with Crippen molar-refractivity contribution in [3.63, 3.8) is 0 Å². The average molecular weight is 431 g/mol. The van der Waals surface area contributed by atoms with Crippen molar-refractivity contribution < 1.29 is 14.3 Å². The predicted molar refractivity (Wildman–Crippen MR) is 107 cm³/mol. The lowest BCUT2D eigenvalue weighted by Gasteiger charge is -2.51. The molecule has 2 bridgehead atoms. The number of hydrogen-bond acceptors (Lipinski definition) is 3. The molecule has 1 unspecified atom stereocenters. The van der Waals surface area contributed by atoms with E-state index < -0.39 is 5.72 Å². The summed E-state index contributed by atoms with van der Waals surface area (Å²) in [5.41, 5.74) is 1.48. The Bertz CT molecular complexity index is 855. The zero-order valence-electron chi connectivity index (χ0n) is 15.5. The summed E-state index contributed by atoms with van der Waals surface area (Å²) < 4.78 is 13.2. The first kappa shape index (κ1) is 18.2. The lowest BCUT2D eigenvalue weighted by Crippen LogP contribution is -2.65. The summed E-state index contributed by atoms with van der Waals surface area (Å²) in [6.07, 6.45) is 1.48. The molecule has 0 aliphatic carbocycles. The fraction of sp³-hybridized carbons (Fsp3) is 0.381. The van der Waals surface area contributed by atoms with Crippen molar-refractivity contribution in [3.8, 4) is 11.5 Å². The van der Waals surface area contributed by atoms with E-state index in [1.165, 1.54) is 5.56 Å². The van der Waals surface area contributed by atoms with Gasteiger partial charge >= 0.3 is 6.03 Å². The summed E-state index contributed by atoms with van der Waals surface area (Å²) in [5.74, 6) is 1.47. The summed E-state index contributed by atoms with van der Waals surface area (Å²) in [6, 6.07) is 13.9. The monoisotopic (exact) mass is 430 g/mol. The van der Waals surface area contributed by atoms with Crippen LogP contribution in [0.5, 0.6) is 11.5 Å². The van der Waals surface area contributed by atoms with Gasteiger partial charge in [0.05, 0.1) is 12.6 Å². The van der Waals surface area contributed by atoms with E-state index in [2.05, 4.69) is 33.4 Å². The molecule has 2 aliphatic rings. The molecule has 0 aromatic heterocycles. The number of ether oxygens (including phenoxy) is 2. The molecule has 6 heteroatoms. The zero-order chi connectivity index (χ0) is 19.0. The van der Waals surface area contributed by atoms with Gasteiger partial charge in [0.15, 0.2) is 17.2 Å². The highest BCUT2D eigenvalue weighted by molar-refractivity contribution is 9.10. The SMILES string of the molecule is CCOc1cccc2c1O[C@]1(C)CC2NC(=O)N1CCc1ccc(Br)cc1. The summed E-state index contributed by atoms with van der Waals surface area (Å²) in [5, 5.41) is 3.14. The number of urea groups is 1. The molecule has 2 heterocycles. The molecule has 1 fully saturated rings. The molecule has 2 aromatic carbocycles. The maximum Gasteiger partial charge on any atom is 0.320 e. The Hall–Kier alpha value is -2.21. The highest BCUT2D eigenvalue weighted by Crippen LogP contribution is 2.48. The van der Waals surface area contributed by atoms with Crippen molar-refractivity contribution in [1.82, 2.24) is 10.2 Å². The maximum absolute atomic E-state index is 12.8. The maximum atomic E-state index is 12.8. The predicted octanol–water partition coefficient (Wildman–Crippen LogP) is 4.66. The van der Waals surface area contributed by atoms with E-state index in [-0.39, 0.29) is 12.1 Å². The molecule has 0 saturated carbocycles. The largest absolute Gasteiger partial charge is 0.490 e. The van der Waals surface area contributed by atoms with Crippen molar-refractivity contribution >= 4 is 22.0 Å². The van der Waals surface area contributed by atoms with E-state index in [9.17, 15) is 4.79 Å². The number of nitrogens with one attached hydrogen (secondary N) is 1. The quantitative estimate of drug-likeness (QED) is 0.750. The molecule has 1 saturated heterocycles. The average Bonchev–Trinajstić information content (AvgIpc) is 2.63. The van der Waals surface area contributed by atoms with Gasteiger partial charge in [0.2, 0.25) is 0 Å². The summed E-state index contributed by atoms with van der Waals surface area (Å²) >= 11 is 3.45. The third-order valence-corrected chi connectivity index (χ3v) is 5.77. The first-order chi connectivity index (χ1) is 13.0. The smallest absolute Gasteiger partial charge is 0.320 e. The van der Waals surface area contributed by atoms with Gasteiger partial charge < -0.3 is 14.8 Å². The van der Waals surface area contributed by atoms with Crippen LogP contribution in [0.1, 0.15) is 37.4 Å². The number of nitrogens with zero attached hydrogens (tertiary/aromatic N) is 1. The van der Waals surface area contributed by atoms with Crippen molar-refractivity contribution in [2.45, 2.75) is 38.5 Å². The number of carbonyl (C=O) groups is 1. The van der Waals surface area contributed by atoms with E-state index in [0.29, 0.717) is 19.6 Å². The third kappa shape index (κ3) is 3.38. The van der Waals surface area contributed by atoms with Crippen molar-refractivity contribution in [1.29, 1.82) is 0 Å². The normalized spacial score (nSPS) is 23.3. The van der Waals surface area contributed by atoms with E-state index in [0.717, 1.165) is 28.0 Å². The van der Waals surface area contributed by atoms with Crippen molar-refractivity contribution in [3.05, 3.63) is 58.1 Å². The molecule has 0 spiro atoms. The zero-order valence-corrected chi connectivity index (χ0v) is 17.1. The second-order valence-electron chi connectivity index (χ2n) is 7.12. The van der Waals surface area contributed by atoms with Gasteiger partial charge in [0.1, 0.15) is 0 Å². The van der Waals surface area contributed by atoms with Gasteiger partial charge in [-0.25, -0.2) is 4.79 Å². The Morgan fingerprint density at radius 1 is 1.30 bits per heavy atom. The van der Waals surface area contributed by atoms with Crippen LogP contribution in [0.3, 0.4) is 0 Å². The minimum absolute atomic E-state index is 0.0596. The van der Waals surface area contributed by atoms with Crippen LogP contribution in [0.4, 0.5) is 4.79 Å². The third-order valence-electron chi connectivity index (χ3n) is 5.24. The van der Waals surface area contributed by atoms with Crippen molar-refractivity contribution in [2.75, 3.05) is 13.2 Å².